The Hall–Kier alpha value is -0.880. The van der Waals surface area contributed by atoms with E-state index in [0.29, 0.717) is 6.54 Å². The molecule has 1 aromatic heterocycles. The normalized spacial score (nSPS) is 11.4. The van der Waals surface area contributed by atoms with Crippen LogP contribution in [0.5, 0.6) is 0 Å². The number of hydrogen-bond acceptors (Lipinski definition) is 5. The van der Waals surface area contributed by atoms with E-state index in [9.17, 15) is 0 Å². The fourth-order valence-corrected chi connectivity index (χ4v) is 1.71. The predicted octanol–water partition coefficient (Wildman–Crippen LogP) is 2.90. The van der Waals surface area contributed by atoms with E-state index in [2.05, 4.69) is 43.5 Å². The lowest BCUT2D eigenvalue weighted by Gasteiger charge is -2.23. The number of anilines is 2. The van der Waals surface area contributed by atoms with Gasteiger partial charge in [0.25, 0.3) is 0 Å². The van der Waals surface area contributed by atoms with Crippen molar-refractivity contribution in [2.45, 2.75) is 32.8 Å². The topological polar surface area (TPSA) is 59.1 Å². The molecule has 0 aliphatic rings. The SMILES string of the molecule is CCCNc1ncnc(NCC(C)(C)OC)c1Br. The maximum Gasteiger partial charge on any atom is 0.146 e. The van der Waals surface area contributed by atoms with Gasteiger partial charge in [0.05, 0.1) is 5.60 Å². The summed E-state index contributed by atoms with van der Waals surface area (Å²) in [4.78, 5) is 8.42. The van der Waals surface area contributed by atoms with Crippen LogP contribution in [0.15, 0.2) is 10.8 Å². The molecule has 1 rings (SSSR count). The summed E-state index contributed by atoms with van der Waals surface area (Å²) in [6, 6.07) is 0. The molecule has 0 atom stereocenters. The summed E-state index contributed by atoms with van der Waals surface area (Å²) < 4.78 is 6.21. The van der Waals surface area contributed by atoms with Crippen molar-refractivity contribution in [3.63, 3.8) is 0 Å². The Morgan fingerprint density at radius 2 is 1.89 bits per heavy atom. The lowest BCUT2D eigenvalue weighted by molar-refractivity contribution is 0.0343. The zero-order valence-electron chi connectivity index (χ0n) is 11.4. The van der Waals surface area contributed by atoms with Crippen LogP contribution in [0.4, 0.5) is 11.6 Å². The Bertz CT molecular complexity index is 384. The van der Waals surface area contributed by atoms with Crippen molar-refractivity contribution in [2.24, 2.45) is 0 Å². The average Bonchev–Trinajstić information content (AvgIpc) is 2.36. The molecule has 0 spiro atoms. The van der Waals surface area contributed by atoms with E-state index in [-0.39, 0.29) is 5.60 Å². The van der Waals surface area contributed by atoms with Gasteiger partial charge in [-0.25, -0.2) is 9.97 Å². The minimum Gasteiger partial charge on any atom is -0.377 e. The van der Waals surface area contributed by atoms with E-state index in [0.717, 1.165) is 29.1 Å². The molecule has 0 aliphatic carbocycles. The van der Waals surface area contributed by atoms with Crippen molar-refractivity contribution in [2.75, 3.05) is 30.8 Å². The molecule has 0 aromatic carbocycles. The molecule has 0 fully saturated rings. The number of hydrogen-bond donors (Lipinski definition) is 2. The Morgan fingerprint density at radius 1 is 1.28 bits per heavy atom. The van der Waals surface area contributed by atoms with Crippen LogP contribution in [0.1, 0.15) is 27.2 Å². The van der Waals surface area contributed by atoms with E-state index in [1.807, 2.05) is 13.8 Å². The van der Waals surface area contributed by atoms with E-state index in [4.69, 9.17) is 4.74 Å². The molecule has 6 heteroatoms. The second-order valence-electron chi connectivity index (χ2n) is 4.63. The molecule has 1 heterocycles. The van der Waals surface area contributed by atoms with Gasteiger partial charge in [-0.15, -0.1) is 0 Å². The quantitative estimate of drug-likeness (QED) is 0.810. The summed E-state index contributed by atoms with van der Waals surface area (Å²) in [5.41, 5.74) is -0.235. The summed E-state index contributed by atoms with van der Waals surface area (Å²) in [5.74, 6) is 1.58. The van der Waals surface area contributed by atoms with Crippen LogP contribution in [0.3, 0.4) is 0 Å². The smallest absolute Gasteiger partial charge is 0.146 e. The third-order valence-electron chi connectivity index (χ3n) is 2.57. The predicted molar refractivity (Wildman–Crippen MR) is 78.1 cm³/mol. The first kappa shape index (κ1) is 15.2. The number of aromatic nitrogens is 2. The number of rotatable bonds is 7. The molecule has 0 bridgehead atoms. The van der Waals surface area contributed by atoms with E-state index in [1.165, 1.54) is 0 Å². The van der Waals surface area contributed by atoms with Crippen molar-refractivity contribution in [3.05, 3.63) is 10.8 Å². The van der Waals surface area contributed by atoms with Gasteiger partial charge in [-0.1, -0.05) is 6.92 Å². The first-order valence-corrected chi connectivity index (χ1v) is 6.83. The highest BCUT2D eigenvalue weighted by Gasteiger charge is 2.17. The molecular weight excluding hydrogens is 296 g/mol. The lowest BCUT2D eigenvalue weighted by atomic mass is 10.1. The summed E-state index contributed by atoms with van der Waals surface area (Å²) in [5, 5.41) is 6.50. The highest BCUT2D eigenvalue weighted by molar-refractivity contribution is 9.10. The maximum absolute atomic E-state index is 5.36. The zero-order chi connectivity index (χ0) is 13.6. The summed E-state index contributed by atoms with van der Waals surface area (Å²) in [6.07, 6.45) is 2.60. The van der Waals surface area contributed by atoms with E-state index < -0.39 is 0 Å². The minimum atomic E-state index is -0.235. The minimum absolute atomic E-state index is 0.235. The van der Waals surface area contributed by atoms with Crippen LogP contribution in [-0.4, -0.2) is 35.8 Å². The molecule has 0 saturated carbocycles. The number of halogens is 1. The van der Waals surface area contributed by atoms with Crippen molar-refractivity contribution < 1.29 is 4.74 Å². The third-order valence-corrected chi connectivity index (χ3v) is 3.32. The van der Waals surface area contributed by atoms with Gasteiger partial charge in [0.2, 0.25) is 0 Å². The maximum atomic E-state index is 5.36. The molecule has 0 amide bonds. The van der Waals surface area contributed by atoms with Crippen molar-refractivity contribution in [1.82, 2.24) is 9.97 Å². The molecular formula is C12H21BrN4O. The summed E-state index contributed by atoms with van der Waals surface area (Å²) >= 11 is 3.51. The second-order valence-corrected chi connectivity index (χ2v) is 5.42. The fourth-order valence-electron chi connectivity index (χ4n) is 1.23. The van der Waals surface area contributed by atoms with Gasteiger partial charge >= 0.3 is 0 Å². The van der Waals surface area contributed by atoms with Gasteiger partial charge < -0.3 is 15.4 Å². The number of nitrogens with zero attached hydrogens (tertiary/aromatic N) is 2. The monoisotopic (exact) mass is 316 g/mol. The Balaban J connectivity index is 2.71. The van der Waals surface area contributed by atoms with Crippen LogP contribution in [0.2, 0.25) is 0 Å². The molecule has 102 valence electrons. The Labute approximate surface area is 117 Å². The van der Waals surface area contributed by atoms with Crippen LogP contribution in [0, 0.1) is 0 Å². The van der Waals surface area contributed by atoms with Gasteiger partial charge in [0.1, 0.15) is 22.4 Å². The van der Waals surface area contributed by atoms with Crippen molar-refractivity contribution in [1.29, 1.82) is 0 Å². The van der Waals surface area contributed by atoms with Crippen LogP contribution in [0.25, 0.3) is 0 Å². The largest absolute Gasteiger partial charge is 0.377 e. The number of ether oxygens (including phenoxy) is 1. The van der Waals surface area contributed by atoms with Crippen LogP contribution < -0.4 is 10.6 Å². The average molecular weight is 317 g/mol. The third kappa shape index (κ3) is 4.42. The van der Waals surface area contributed by atoms with Gasteiger partial charge in [-0.3, -0.25) is 0 Å². The Kier molecular flexibility index (Phi) is 5.81. The molecule has 0 saturated heterocycles. The van der Waals surface area contributed by atoms with E-state index >= 15 is 0 Å². The molecule has 18 heavy (non-hydrogen) atoms. The Morgan fingerprint density at radius 3 is 2.44 bits per heavy atom. The molecule has 0 aliphatic heterocycles. The molecule has 0 unspecified atom stereocenters. The number of nitrogens with one attached hydrogen (secondary N) is 2. The van der Waals surface area contributed by atoms with Crippen molar-refractivity contribution in [3.8, 4) is 0 Å². The van der Waals surface area contributed by atoms with Gasteiger partial charge in [0, 0.05) is 20.2 Å². The van der Waals surface area contributed by atoms with Crippen LogP contribution >= 0.6 is 15.9 Å². The van der Waals surface area contributed by atoms with Crippen LogP contribution in [-0.2, 0) is 4.74 Å². The lowest BCUT2D eigenvalue weighted by Crippen LogP contribution is -2.32. The van der Waals surface area contributed by atoms with Gasteiger partial charge in [-0.2, -0.15) is 0 Å². The highest BCUT2D eigenvalue weighted by atomic mass is 79.9. The fraction of sp³-hybridized carbons (Fsp3) is 0.667. The molecule has 5 nitrogen and oxygen atoms in total. The summed E-state index contributed by atoms with van der Waals surface area (Å²) in [6.45, 7) is 7.71. The molecule has 1 aromatic rings. The molecule has 0 radical (unpaired) electrons. The first-order chi connectivity index (χ1) is 8.50. The second kappa shape index (κ2) is 6.89. The highest BCUT2D eigenvalue weighted by Crippen LogP contribution is 2.26. The summed E-state index contributed by atoms with van der Waals surface area (Å²) in [7, 11) is 1.70. The standard InChI is InChI=1S/C12H21BrN4O/c1-5-6-14-10-9(13)11(17-8-16-10)15-7-12(2,3)18-4/h8H,5-7H2,1-4H3,(H2,14,15,16,17). The van der Waals surface area contributed by atoms with Gasteiger partial charge in [0.15, 0.2) is 0 Å². The number of methoxy groups -OCH3 is 1. The van der Waals surface area contributed by atoms with E-state index in [1.54, 1.807) is 13.4 Å². The van der Waals surface area contributed by atoms with Crippen molar-refractivity contribution >= 4 is 27.6 Å². The zero-order valence-corrected chi connectivity index (χ0v) is 13.0. The first-order valence-electron chi connectivity index (χ1n) is 6.03. The van der Waals surface area contributed by atoms with Gasteiger partial charge in [-0.05, 0) is 36.2 Å². The molecule has 2 N–H and O–H groups in total.